The Morgan fingerprint density at radius 2 is 2.00 bits per heavy atom. The van der Waals surface area contributed by atoms with Gasteiger partial charge in [-0.1, -0.05) is 47.6 Å². The van der Waals surface area contributed by atoms with Crippen LogP contribution in [-0.2, 0) is 20.8 Å². The minimum atomic E-state index is -1.38. The summed E-state index contributed by atoms with van der Waals surface area (Å²) in [6, 6.07) is 13.5. The predicted octanol–water partition coefficient (Wildman–Crippen LogP) is 0.796. The molecule has 0 unspecified atom stereocenters. The summed E-state index contributed by atoms with van der Waals surface area (Å²) < 4.78 is 13.3. The van der Waals surface area contributed by atoms with E-state index in [9.17, 15) is 19.1 Å². The maximum atomic E-state index is 13.3. The van der Waals surface area contributed by atoms with Gasteiger partial charge in [0.25, 0.3) is 5.91 Å². The van der Waals surface area contributed by atoms with Gasteiger partial charge in [0.15, 0.2) is 0 Å². The summed E-state index contributed by atoms with van der Waals surface area (Å²) in [6.07, 6.45) is -0.745. The standard InChI is InChI=1S/C19H17FN2O4/c20-14-8-4-7-13(10-14)15-11-17(26-22-15)18(23)21-16(19(24)25)9-12-5-2-1-3-6-12/h1-8,10,16-17H,9,11H2,(H,21,23)(H,24,25)/p-1/t16-,17+/m1/s1. The number of carbonyl (C=O) groups excluding carboxylic acids is 2. The van der Waals surface area contributed by atoms with Crippen molar-refractivity contribution < 1.29 is 23.9 Å². The molecule has 2 aromatic carbocycles. The van der Waals surface area contributed by atoms with E-state index in [2.05, 4.69) is 10.5 Å². The van der Waals surface area contributed by atoms with E-state index in [1.54, 1.807) is 30.3 Å². The fourth-order valence-electron chi connectivity index (χ4n) is 2.66. The zero-order valence-electron chi connectivity index (χ0n) is 13.7. The quantitative estimate of drug-likeness (QED) is 0.830. The Morgan fingerprint density at radius 1 is 1.23 bits per heavy atom. The van der Waals surface area contributed by atoms with Gasteiger partial charge in [0.1, 0.15) is 5.82 Å². The van der Waals surface area contributed by atoms with E-state index in [4.69, 9.17) is 4.84 Å². The van der Waals surface area contributed by atoms with Crippen LogP contribution < -0.4 is 10.4 Å². The van der Waals surface area contributed by atoms with Crippen LogP contribution in [0.15, 0.2) is 59.8 Å². The molecule has 0 aromatic heterocycles. The number of aliphatic carboxylic acids is 1. The van der Waals surface area contributed by atoms with Gasteiger partial charge in [0, 0.05) is 12.0 Å². The van der Waals surface area contributed by atoms with Crippen molar-refractivity contribution in [1.29, 1.82) is 0 Å². The molecular weight excluding hydrogens is 339 g/mol. The van der Waals surface area contributed by atoms with E-state index >= 15 is 0 Å². The van der Waals surface area contributed by atoms with Crippen molar-refractivity contribution in [3.8, 4) is 0 Å². The number of halogens is 1. The molecular formula is C19H16FN2O4-. The van der Waals surface area contributed by atoms with E-state index in [-0.39, 0.29) is 12.8 Å². The van der Waals surface area contributed by atoms with Crippen LogP contribution in [-0.4, -0.2) is 29.7 Å². The first-order chi connectivity index (χ1) is 12.5. The number of carboxylic acid groups (broad SMARTS) is 1. The lowest BCUT2D eigenvalue weighted by molar-refractivity contribution is -0.308. The van der Waals surface area contributed by atoms with Crippen molar-refractivity contribution >= 4 is 17.6 Å². The summed E-state index contributed by atoms with van der Waals surface area (Å²) in [6.45, 7) is 0. The van der Waals surface area contributed by atoms with Crippen molar-refractivity contribution in [3.63, 3.8) is 0 Å². The number of amides is 1. The summed E-state index contributed by atoms with van der Waals surface area (Å²) in [7, 11) is 0. The number of carbonyl (C=O) groups is 2. The van der Waals surface area contributed by atoms with Gasteiger partial charge in [0.2, 0.25) is 6.10 Å². The molecule has 1 amide bonds. The average molecular weight is 355 g/mol. The number of hydrogen-bond donors (Lipinski definition) is 1. The fourth-order valence-corrected chi connectivity index (χ4v) is 2.66. The number of oxime groups is 1. The number of nitrogens with zero attached hydrogens (tertiary/aromatic N) is 1. The Kier molecular flexibility index (Phi) is 5.26. The molecule has 3 rings (SSSR count). The number of hydrogen-bond acceptors (Lipinski definition) is 5. The molecule has 0 bridgehead atoms. The van der Waals surface area contributed by atoms with Crippen LogP contribution in [0.1, 0.15) is 17.5 Å². The SMILES string of the molecule is O=C(N[C@H](Cc1ccccc1)C(=O)[O-])[C@@H]1CC(c2cccc(F)c2)=NO1. The van der Waals surface area contributed by atoms with E-state index in [1.807, 2.05) is 6.07 Å². The highest BCUT2D eigenvalue weighted by molar-refractivity contribution is 6.04. The van der Waals surface area contributed by atoms with Crippen molar-refractivity contribution in [2.24, 2.45) is 5.16 Å². The third-order valence-electron chi connectivity index (χ3n) is 4.00. The first kappa shape index (κ1) is 17.6. The summed E-state index contributed by atoms with van der Waals surface area (Å²) in [5.74, 6) is -2.41. The summed E-state index contributed by atoms with van der Waals surface area (Å²) >= 11 is 0. The van der Waals surface area contributed by atoms with Gasteiger partial charge >= 0.3 is 0 Å². The molecule has 0 saturated carbocycles. The highest BCUT2D eigenvalue weighted by Gasteiger charge is 2.30. The molecule has 1 heterocycles. The second-order valence-corrected chi connectivity index (χ2v) is 5.92. The van der Waals surface area contributed by atoms with Crippen LogP contribution in [0.3, 0.4) is 0 Å². The maximum absolute atomic E-state index is 13.3. The molecule has 2 aromatic rings. The highest BCUT2D eigenvalue weighted by Crippen LogP contribution is 2.18. The third kappa shape index (κ3) is 4.24. The van der Waals surface area contributed by atoms with Crippen molar-refractivity contribution in [2.75, 3.05) is 0 Å². The van der Waals surface area contributed by atoms with Gasteiger partial charge in [-0.15, -0.1) is 0 Å². The summed E-state index contributed by atoms with van der Waals surface area (Å²) in [5.41, 5.74) is 1.70. The Bertz CT molecular complexity index is 838. The van der Waals surface area contributed by atoms with Crippen LogP contribution in [0.25, 0.3) is 0 Å². The molecule has 0 spiro atoms. The van der Waals surface area contributed by atoms with Crippen molar-refractivity contribution in [1.82, 2.24) is 5.32 Å². The first-order valence-corrected chi connectivity index (χ1v) is 8.06. The number of carboxylic acids is 1. The Labute approximate surface area is 149 Å². The maximum Gasteiger partial charge on any atom is 0.264 e. The zero-order chi connectivity index (χ0) is 18.5. The lowest BCUT2D eigenvalue weighted by Crippen LogP contribution is -2.51. The van der Waals surface area contributed by atoms with Gasteiger partial charge in [0.05, 0.1) is 17.7 Å². The highest BCUT2D eigenvalue weighted by atomic mass is 19.1. The zero-order valence-corrected chi connectivity index (χ0v) is 13.7. The average Bonchev–Trinajstić information content (AvgIpc) is 3.12. The number of benzene rings is 2. The Morgan fingerprint density at radius 3 is 2.69 bits per heavy atom. The van der Waals surface area contributed by atoms with Crippen LogP contribution in [0.2, 0.25) is 0 Å². The van der Waals surface area contributed by atoms with Gasteiger partial charge in [-0.05, 0) is 24.1 Å². The van der Waals surface area contributed by atoms with E-state index in [0.29, 0.717) is 11.3 Å². The molecule has 134 valence electrons. The van der Waals surface area contributed by atoms with E-state index in [1.165, 1.54) is 18.2 Å². The lowest BCUT2D eigenvalue weighted by atomic mass is 10.0. The number of nitrogens with one attached hydrogen (secondary N) is 1. The van der Waals surface area contributed by atoms with Crippen LogP contribution in [0.5, 0.6) is 0 Å². The smallest absolute Gasteiger partial charge is 0.264 e. The van der Waals surface area contributed by atoms with E-state index in [0.717, 1.165) is 5.56 Å². The van der Waals surface area contributed by atoms with Crippen molar-refractivity contribution in [2.45, 2.75) is 25.0 Å². The molecule has 2 atom stereocenters. The lowest BCUT2D eigenvalue weighted by Gasteiger charge is -2.21. The molecule has 7 heteroatoms. The monoisotopic (exact) mass is 355 g/mol. The molecule has 26 heavy (non-hydrogen) atoms. The molecule has 0 aliphatic carbocycles. The molecule has 0 radical (unpaired) electrons. The minimum absolute atomic E-state index is 0.0965. The van der Waals surface area contributed by atoms with Crippen molar-refractivity contribution in [3.05, 3.63) is 71.5 Å². The Balaban J connectivity index is 1.61. The number of rotatable bonds is 6. The minimum Gasteiger partial charge on any atom is -0.548 e. The van der Waals surface area contributed by atoms with Gasteiger partial charge in [-0.25, -0.2) is 4.39 Å². The third-order valence-corrected chi connectivity index (χ3v) is 4.00. The fraction of sp³-hybridized carbons (Fsp3) is 0.211. The molecule has 0 saturated heterocycles. The van der Waals surface area contributed by atoms with Gasteiger partial charge in [-0.2, -0.15) is 0 Å². The first-order valence-electron chi connectivity index (χ1n) is 8.06. The Hall–Kier alpha value is -3.22. The molecule has 1 aliphatic heterocycles. The largest absolute Gasteiger partial charge is 0.548 e. The predicted molar refractivity (Wildman–Crippen MR) is 89.5 cm³/mol. The van der Waals surface area contributed by atoms with Crippen LogP contribution in [0.4, 0.5) is 4.39 Å². The topological polar surface area (TPSA) is 90.8 Å². The van der Waals surface area contributed by atoms with Gasteiger partial charge in [-0.3, -0.25) is 4.79 Å². The molecule has 1 N–H and O–H groups in total. The molecule has 1 aliphatic rings. The molecule has 0 fully saturated rings. The second kappa shape index (κ2) is 7.77. The van der Waals surface area contributed by atoms with Crippen LogP contribution in [0, 0.1) is 5.82 Å². The van der Waals surface area contributed by atoms with E-state index < -0.39 is 29.8 Å². The van der Waals surface area contributed by atoms with Gasteiger partial charge < -0.3 is 20.1 Å². The van der Waals surface area contributed by atoms with Crippen LogP contribution >= 0.6 is 0 Å². The second-order valence-electron chi connectivity index (χ2n) is 5.92. The molecule has 6 nitrogen and oxygen atoms in total. The summed E-state index contributed by atoms with van der Waals surface area (Å²) in [4.78, 5) is 28.8. The summed E-state index contributed by atoms with van der Waals surface area (Å²) in [5, 5.41) is 17.6. The normalized spacial score (nSPS) is 17.1.